The average molecular weight is 429 g/mol. The van der Waals surface area contributed by atoms with Crippen LogP contribution >= 0.6 is 0 Å². The molecule has 12 heteroatoms. The molecule has 0 aliphatic rings. The summed E-state index contributed by atoms with van der Waals surface area (Å²) in [5, 5.41) is 8.39. The molecule has 0 saturated heterocycles. The van der Waals surface area contributed by atoms with Crippen LogP contribution in [0, 0.1) is 5.82 Å². The minimum Gasteiger partial charge on any atom is -0.382 e. The zero-order valence-corrected chi connectivity index (χ0v) is 16.5. The minimum absolute atomic E-state index is 0.0583. The summed E-state index contributed by atoms with van der Waals surface area (Å²) in [5.74, 6) is -0.252. The fraction of sp³-hybridized carbons (Fsp3) is 0.111. The van der Waals surface area contributed by atoms with E-state index in [0.717, 1.165) is 6.26 Å². The first-order valence-electron chi connectivity index (χ1n) is 8.63. The lowest BCUT2D eigenvalue weighted by atomic mass is 10.2. The molecule has 3 N–H and O–H groups in total. The van der Waals surface area contributed by atoms with Gasteiger partial charge in [-0.25, -0.2) is 22.8 Å². The van der Waals surface area contributed by atoms with Crippen molar-refractivity contribution in [3.63, 3.8) is 0 Å². The quantitative estimate of drug-likeness (QED) is 0.475. The fourth-order valence-electron chi connectivity index (χ4n) is 2.78. The average Bonchev–Trinajstić information content (AvgIpc) is 3.34. The van der Waals surface area contributed by atoms with E-state index < -0.39 is 10.0 Å². The number of sulfonamides is 1. The first-order chi connectivity index (χ1) is 14.3. The molecule has 0 aliphatic carbocycles. The topological polar surface area (TPSA) is 142 Å². The zero-order valence-electron chi connectivity index (χ0n) is 15.7. The molecule has 0 aliphatic heterocycles. The number of nitrogens with zero attached hydrogens (tertiary/aromatic N) is 5. The highest BCUT2D eigenvalue weighted by Crippen LogP contribution is 2.26. The molecule has 4 rings (SSSR count). The van der Waals surface area contributed by atoms with Crippen LogP contribution in [0.4, 0.5) is 15.9 Å². The molecule has 4 aromatic rings. The third kappa shape index (κ3) is 4.12. The molecule has 0 fully saturated rings. The van der Waals surface area contributed by atoms with E-state index in [-0.39, 0.29) is 29.7 Å². The highest BCUT2D eigenvalue weighted by atomic mass is 32.2. The molecular weight excluding hydrogens is 413 g/mol. The van der Waals surface area contributed by atoms with Gasteiger partial charge in [0.1, 0.15) is 29.2 Å². The molecule has 30 heavy (non-hydrogen) atoms. The van der Waals surface area contributed by atoms with E-state index in [2.05, 4.69) is 24.9 Å². The van der Waals surface area contributed by atoms with E-state index in [1.165, 1.54) is 18.5 Å². The van der Waals surface area contributed by atoms with Crippen molar-refractivity contribution in [2.45, 2.75) is 6.54 Å². The predicted octanol–water partition coefficient (Wildman–Crippen LogP) is 2.14. The number of benzene rings is 1. The Morgan fingerprint density at radius 2 is 2.03 bits per heavy atom. The molecule has 0 atom stereocenters. The van der Waals surface area contributed by atoms with Crippen LogP contribution in [0.1, 0.15) is 5.56 Å². The predicted molar refractivity (Wildman–Crippen MR) is 107 cm³/mol. The Balaban J connectivity index is 1.75. The smallest absolute Gasteiger partial charge is 0.229 e. The highest BCUT2D eigenvalue weighted by molar-refractivity contribution is 7.92. The SMILES string of the molecule is CS(=O)(=O)Nc1cnc(-c2cc(-c3ccon3)n(Cc3ccccc3F)n2)nc1N. The third-order valence-corrected chi connectivity index (χ3v) is 4.69. The van der Waals surface area contributed by atoms with Gasteiger partial charge in [-0.1, -0.05) is 23.4 Å². The lowest BCUT2D eigenvalue weighted by Crippen LogP contribution is -2.12. The van der Waals surface area contributed by atoms with Crippen LogP contribution in [0.3, 0.4) is 0 Å². The summed E-state index contributed by atoms with van der Waals surface area (Å²) < 4.78 is 45.6. The normalized spacial score (nSPS) is 11.5. The van der Waals surface area contributed by atoms with E-state index in [0.29, 0.717) is 22.6 Å². The van der Waals surface area contributed by atoms with E-state index in [9.17, 15) is 12.8 Å². The number of nitrogens with two attached hydrogens (primary N) is 1. The van der Waals surface area contributed by atoms with Crippen molar-refractivity contribution in [3.05, 3.63) is 60.2 Å². The first-order valence-corrected chi connectivity index (χ1v) is 10.5. The highest BCUT2D eigenvalue weighted by Gasteiger charge is 2.18. The van der Waals surface area contributed by atoms with Gasteiger partial charge in [0.15, 0.2) is 11.6 Å². The minimum atomic E-state index is -3.53. The van der Waals surface area contributed by atoms with E-state index in [1.807, 2.05) is 0 Å². The summed E-state index contributed by atoms with van der Waals surface area (Å²) in [6, 6.07) is 9.67. The number of rotatable bonds is 6. The third-order valence-electron chi connectivity index (χ3n) is 4.10. The van der Waals surface area contributed by atoms with Gasteiger partial charge in [0.2, 0.25) is 10.0 Å². The van der Waals surface area contributed by atoms with Crippen LogP contribution in [0.15, 0.2) is 53.4 Å². The monoisotopic (exact) mass is 429 g/mol. The lowest BCUT2D eigenvalue weighted by Gasteiger charge is -2.07. The summed E-state index contributed by atoms with van der Waals surface area (Å²) in [5.41, 5.74) is 7.75. The van der Waals surface area contributed by atoms with Crippen LogP contribution in [0.25, 0.3) is 22.9 Å². The maximum atomic E-state index is 14.1. The Morgan fingerprint density at radius 3 is 2.70 bits per heavy atom. The summed E-state index contributed by atoms with van der Waals surface area (Å²) in [7, 11) is -3.53. The second-order valence-corrected chi connectivity index (χ2v) is 8.16. The summed E-state index contributed by atoms with van der Waals surface area (Å²) in [6.07, 6.45) is 3.66. The Hall–Kier alpha value is -3.80. The Morgan fingerprint density at radius 1 is 1.23 bits per heavy atom. The van der Waals surface area contributed by atoms with Crippen molar-refractivity contribution < 1.29 is 17.3 Å². The molecule has 0 unspecified atom stereocenters. The van der Waals surface area contributed by atoms with Gasteiger partial charge < -0.3 is 10.3 Å². The molecule has 3 heterocycles. The lowest BCUT2D eigenvalue weighted by molar-refractivity contribution is 0.421. The number of hydrogen-bond acceptors (Lipinski definition) is 8. The van der Waals surface area contributed by atoms with Crippen LogP contribution in [-0.2, 0) is 16.6 Å². The maximum Gasteiger partial charge on any atom is 0.229 e. The van der Waals surface area contributed by atoms with Gasteiger partial charge >= 0.3 is 0 Å². The Kier molecular flexibility index (Phi) is 4.91. The fourth-order valence-corrected chi connectivity index (χ4v) is 3.34. The molecule has 10 nitrogen and oxygen atoms in total. The van der Waals surface area contributed by atoms with Crippen LogP contribution in [0.5, 0.6) is 0 Å². The second kappa shape index (κ2) is 7.55. The number of nitrogen functional groups attached to an aromatic ring is 1. The Bertz CT molecular complexity index is 1300. The summed E-state index contributed by atoms with van der Waals surface area (Å²) in [6.45, 7) is 0.137. The molecule has 0 radical (unpaired) electrons. The number of anilines is 2. The van der Waals surface area contributed by atoms with Gasteiger partial charge in [0, 0.05) is 11.6 Å². The second-order valence-electron chi connectivity index (χ2n) is 6.42. The van der Waals surface area contributed by atoms with Gasteiger partial charge in [-0.3, -0.25) is 9.40 Å². The molecule has 0 saturated carbocycles. The van der Waals surface area contributed by atoms with Crippen LogP contribution in [0.2, 0.25) is 0 Å². The maximum absolute atomic E-state index is 14.1. The van der Waals surface area contributed by atoms with Crippen molar-refractivity contribution in [2.24, 2.45) is 0 Å². The van der Waals surface area contributed by atoms with Gasteiger partial charge in [0.25, 0.3) is 0 Å². The molecule has 0 amide bonds. The molecule has 154 valence electrons. The number of halogens is 1. The summed E-state index contributed by atoms with van der Waals surface area (Å²) in [4.78, 5) is 8.28. The Labute approximate surface area is 170 Å². The van der Waals surface area contributed by atoms with Crippen molar-refractivity contribution in [1.29, 1.82) is 0 Å². The van der Waals surface area contributed by atoms with Gasteiger partial charge in [0.05, 0.1) is 24.7 Å². The molecule has 3 aromatic heterocycles. The standard InChI is InChI=1S/C18H16FN7O3S/c1-30(27,28)25-15-9-21-18(22-17(15)20)14-8-16(13-6-7-29-24-13)26(23-14)10-11-4-2-3-5-12(11)19/h2-9,25H,10H2,1H3,(H2,20,21,22). The van der Waals surface area contributed by atoms with Crippen molar-refractivity contribution in [1.82, 2.24) is 24.9 Å². The van der Waals surface area contributed by atoms with Crippen LogP contribution < -0.4 is 10.5 Å². The van der Waals surface area contributed by atoms with E-state index in [1.54, 1.807) is 35.0 Å². The number of aromatic nitrogens is 5. The summed E-state index contributed by atoms with van der Waals surface area (Å²) >= 11 is 0. The van der Waals surface area contributed by atoms with Gasteiger partial charge in [-0.2, -0.15) is 5.10 Å². The molecular formula is C18H16FN7O3S. The van der Waals surface area contributed by atoms with Crippen molar-refractivity contribution in [2.75, 3.05) is 16.7 Å². The zero-order chi connectivity index (χ0) is 21.3. The van der Waals surface area contributed by atoms with E-state index >= 15 is 0 Å². The first kappa shape index (κ1) is 19.5. The van der Waals surface area contributed by atoms with E-state index in [4.69, 9.17) is 10.3 Å². The van der Waals surface area contributed by atoms with Gasteiger partial charge in [-0.05, 0) is 12.1 Å². The molecule has 0 bridgehead atoms. The molecule has 0 spiro atoms. The van der Waals surface area contributed by atoms with Crippen molar-refractivity contribution in [3.8, 4) is 22.9 Å². The molecule has 1 aromatic carbocycles. The number of hydrogen-bond donors (Lipinski definition) is 2. The van der Waals surface area contributed by atoms with Gasteiger partial charge in [-0.15, -0.1) is 0 Å². The number of nitrogens with one attached hydrogen (secondary N) is 1. The van der Waals surface area contributed by atoms with Crippen molar-refractivity contribution >= 4 is 21.5 Å². The van der Waals surface area contributed by atoms with Crippen LogP contribution in [-0.4, -0.2) is 39.6 Å². The largest absolute Gasteiger partial charge is 0.382 e.